The number of pyridine rings is 1. The van der Waals surface area contributed by atoms with Gasteiger partial charge in [-0.2, -0.15) is 5.21 Å². The molecule has 0 spiro atoms. The first-order valence-electron chi connectivity index (χ1n) is 10.3. The summed E-state index contributed by atoms with van der Waals surface area (Å²) in [5, 5.41) is 14.3. The van der Waals surface area contributed by atoms with E-state index in [1.807, 2.05) is 35.9 Å². The third-order valence-corrected chi connectivity index (χ3v) is 5.27. The van der Waals surface area contributed by atoms with E-state index in [1.54, 1.807) is 17.0 Å². The predicted molar refractivity (Wildman–Crippen MR) is 115 cm³/mol. The van der Waals surface area contributed by atoms with Gasteiger partial charge in [-0.1, -0.05) is 37.6 Å². The van der Waals surface area contributed by atoms with Crippen LogP contribution in [0.1, 0.15) is 37.9 Å². The SMILES string of the molecule is CCCCc1cn(CC)c(=O)n1Cc1ccc(-c2cnccc2-c2nn[nH]n2)cc1. The largest absolute Gasteiger partial charge is 0.328 e. The maximum Gasteiger partial charge on any atom is 0.328 e. The van der Waals surface area contributed by atoms with E-state index in [2.05, 4.69) is 44.7 Å². The zero-order valence-electron chi connectivity index (χ0n) is 17.2. The summed E-state index contributed by atoms with van der Waals surface area (Å²) in [6.07, 6.45) is 8.61. The highest BCUT2D eigenvalue weighted by Crippen LogP contribution is 2.29. The number of imidazole rings is 1. The molecule has 0 aliphatic carbocycles. The summed E-state index contributed by atoms with van der Waals surface area (Å²) in [5.41, 5.74) is 5.04. The van der Waals surface area contributed by atoms with Crippen molar-refractivity contribution in [3.8, 4) is 22.5 Å². The van der Waals surface area contributed by atoms with E-state index >= 15 is 0 Å². The minimum atomic E-state index is 0.0549. The van der Waals surface area contributed by atoms with Crippen molar-refractivity contribution in [3.05, 3.63) is 70.7 Å². The van der Waals surface area contributed by atoms with Gasteiger partial charge < -0.3 is 0 Å². The number of nitrogens with zero attached hydrogens (tertiary/aromatic N) is 6. The number of unbranched alkanes of at least 4 members (excludes halogenated alkanes) is 1. The minimum absolute atomic E-state index is 0.0549. The van der Waals surface area contributed by atoms with Crippen molar-refractivity contribution in [2.75, 3.05) is 0 Å². The zero-order chi connectivity index (χ0) is 20.9. The average molecular weight is 403 g/mol. The van der Waals surface area contributed by atoms with Crippen LogP contribution >= 0.6 is 0 Å². The van der Waals surface area contributed by atoms with Crippen molar-refractivity contribution < 1.29 is 0 Å². The van der Waals surface area contributed by atoms with Crippen LogP contribution in [0.2, 0.25) is 0 Å². The first kappa shape index (κ1) is 19.8. The normalized spacial score (nSPS) is 11.1. The number of tetrazole rings is 1. The van der Waals surface area contributed by atoms with Gasteiger partial charge in [0.05, 0.1) is 6.54 Å². The van der Waals surface area contributed by atoms with Gasteiger partial charge in [0.15, 0.2) is 0 Å². The second-order valence-electron chi connectivity index (χ2n) is 7.23. The van der Waals surface area contributed by atoms with E-state index in [-0.39, 0.29) is 5.69 Å². The maximum absolute atomic E-state index is 12.7. The lowest BCUT2D eigenvalue weighted by molar-refractivity contribution is 0.647. The second kappa shape index (κ2) is 8.86. The lowest BCUT2D eigenvalue weighted by atomic mass is 10.0. The molecule has 4 rings (SSSR count). The van der Waals surface area contributed by atoms with E-state index in [0.29, 0.717) is 18.9 Å². The molecule has 0 fully saturated rings. The van der Waals surface area contributed by atoms with Gasteiger partial charge in [0.1, 0.15) is 0 Å². The Morgan fingerprint density at radius 1 is 1.07 bits per heavy atom. The summed E-state index contributed by atoms with van der Waals surface area (Å²) in [5.74, 6) is 0.532. The van der Waals surface area contributed by atoms with Gasteiger partial charge in [0, 0.05) is 42.0 Å². The smallest absolute Gasteiger partial charge is 0.299 e. The minimum Gasteiger partial charge on any atom is -0.299 e. The Morgan fingerprint density at radius 3 is 2.60 bits per heavy atom. The second-order valence-corrected chi connectivity index (χ2v) is 7.23. The van der Waals surface area contributed by atoms with Crippen LogP contribution in [0.4, 0.5) is 0 Å². The van der Waals surface area contributed by atoms with Crippen LogP contribution in [0.25, 0.3) is 22.5 Å². The van der Waals surface area contributed by atoms with E-state index < -0.39 is 0 Å². The molecular weight excluding hydrogens is 378 g/mol. The molecule has 1 aromatic carbocycles. The van der Waals surface area contributed by atoms with Gasteiger partial charge in [0.25, 0.3) is 0 Å². The number of aromatic amines is 1. The first-order valence-corrected chi connectivity index (χ1v) is 10.3. The quantitative estimate of drug-likeness (QED) is 0.487. The van der Waals surface area contributed by atoms with Gasteiger partial charge in [0.2, 0.25) is 5.82 Å². The molecule has 0 unspecified atom stereocenters. The molecular formula is C22H25N7O. The van der Waals surface area contributed by atoms with Crippen LogP contribution in [0, 0.1) is 0 Å². The van der Waals surface area contributed by atoms with Crippen LogP contribution in [0.15, 0.2) is 53.7 Å². The molecule has 0 atom stereocenters. The number of H-pyrrole nitrogens is 1. The van der Waals surface area contributed by atoms with E-state index in [4.69, 9.17) is 0 Å². The topological polar surface area (TPSA) is 94.3 Å². The molecule has 30 heavy (non-hydrogen) atoms. The average Bonchev–Trinajstić information content (AvgIpc) is 3.42. The summed E-state index contributed by atoms with van der Waals surface area (Å²) in [6, 6.07) is 10.1. The Bertz CT molecular complexity index is 1160. The number of aromatic nitrogens is 7. The van der Waals surface area contributed by atoms with Gasteiger partial charge in [-0.3, -0.25) is 14.1 Å². The molecule has 0 saturated heterocycles. The van der Waals surface area contributed by atoms with Gasteiger partial charge in [-0.15, -0.1) is 10.2 Å². The molecule has 3 heterocycles. The fourth-order valence-electron chi connectivity index (χ4n) is 3.60. The van der Waals surface area contributed by atoms with Crippen molar-refractivity contribution in [1.82, 2.24) is 34.7 Å². The summed E-state index contributed by atoms with van der Waals surface area (Å²) in [6.45, 7) is 5.41. The van der Waals surface area contributed by atoms with Crippen molar-refractivity contribution in [2.24, 2.45) is 0 Å². The fraction of sp³-hybridized carbons (Fsp3) is 0.318. The molecule has 0 radical (unpaired) electrons. The molecule has 0 saturated carbocycles. The summed E-state index contributed by atoms with van der Waals surface area (Å²) in [7, 11) is 0. The van der Waals surface area contributed by atoms with Crippen molar-refractivity contribution >= 4 is 0 Å². The highest BCUT2D eigenvalue weighted by atomic mass is 16.1. The van der Waals surface area contributed by atoms with Gasteiger partial charge in [-0.25, -0.2) is 4.79 Å². The Morgan fingerprint density at radius 2 is 1.90 bits per heavy atom. The number of aryl methyl sites for hydroxylation is 2. The summed E-state index contributed by atoms with van der Waals surface area (Å²) in [4.78, 5) is 17.0. The molecule has 154 valence electrons. The zero-order valence-corrected chi connectivity index (χ0v) is 17.2. The van der Waals surface area contributed by atoms with Crippen molar-refractivity contribution in [1.29, 1.82) is 0 Å². The number of rotatable bonds is 8. The van der Waals surface area contributed by atoms with Gasteiger partial charge in [-0.05, 0) is 42.2 Å². The van der Waals surface area contributed by atoms with Crippen molar-refractivity contribution in [2.45, 2.75) is 46.2 Å². The molecule has 0 aliphatic heterocycles. The lowest BCUT2D eigenvalue weighted by Crippen LogP contribution is -2.25. The Balaban J connectivity index is 1.62. The Labute approximate surface area is 174 Å². The number of hydrogen-bond donors (Lipinski definition) is 1. The number of nitrogens with one attached hydrogen (secondary N) is 1. The van der Waals surface area contributed by atoms with Crippen LogP contribution < -0.4 is 5.69 Å². The summed E-state index contributed by atoms with van der Waals surface area (Å²) < 4.78 is 3.68. The molecule has 0 amide bonds. The maximum atomic E-state index is 12.7. The first-order chi connectivity index (χ1) is 14.7. The lowest BCUT2D eigenvalue weighted by Gasteiger charge is -2.09. The molecule has 0 bridgehead atoms. The third kappa shape index (κ3) is 3.94. The molecule has 4 aromatic rings. The van der Waals surface area contributed by atoms with Crippen LogP contribution in [-0.2, 0) is 19.5 Å². The monoisotopic (exact) mass is 403 g/mol. The standard InChI is InChI=1S/C22H25N7O/c1-3-5-6-18-15-28(4-2)22(30)29(18)14-16-7-9-17(10-8-16)20-13-23-12-11-19(20)21-24-26-27-25-21/h7-13,15H,3-6,14H2,1-2H3,(H,24,25,26,27). The Kier molecular flexibility index (Phi) is 5.83. The molecule has 8 nitrogen and oxygen atoms in total. The fourth-order valence-corrected chi connectivity index (χ4v) is 3.60. The van der Waals surface area contributed by atoms with E-state index in [9.17, 15) is 4.79 Å². The number of benzene rings is 1. The molecule has 0 aliphatic rings. The van der Waals surface area contributed by atoms with Crippen LogP contribution in [-0.4, -0.2) is 34.7 Å². The van der Waals surface area contributed by atoms with E-state index in [0.717, 1.165) is 47.2 Å². The third-order valence-electron chi connectivity index (χ3n) is 5.27. The van der Waals surface area contributed by atoms with E-state index in [1.165, 1.54) is 0 Å². The predicted octanol–water partition coefficient (Wildman–Crippen LogP) is 3.30. The molecule has 8 heteroatoms. The Hall–Kier alpha value is -3.55. The number of hydrogen-bond acceptors (Lipinski definition) is 5. The highest BCUT2D eigenvalue weighted by molar-refractivity contribution is 5.79. The molecule has 1 N–H and O–H groups in total. The van der Waals surface area contributed by atoms with Gasteiger partial charge >= 0.3 is 5.69 Å². The highest BCUT2D eigenvalue weighted by Gasteiger charge is 2.13. The summed E-state index contributed by atoms with van der Waals surface area (Å²) >= 11 is 0. The van der Waals surface area contributed by atoms with Crippen LogP contribution in [0.3, 0.4) is 0 Å². The molecule has 3 aromatic heterocycles. The van der Waals surface area contributed by atoms with Crippen molar-refractivity contribution in [3.63, 3.8) is 0 Å². The van der Waals surface area contributed by atoms with Crippen LogP contribution in [0.5, 0.6) is 0 Å².